The fourth-order valence-corrected chi connectivity index (χ4v) is 2.75. The molecule has 6 nitrogen and oxygen atoms in total. The zero-order valence-electron chi connectivity index (χ0n) is 10.9. The lowest BCUT2D eigenvalue weighted by Gasteiger charge is -2.32. The average molecular weight is 276 g/mol. The topological polar surface area (TPSA) is 78.9 Å². The molecule has 2 bridgehead atoms. The third-order valence-electron chi connectivity index (χ3n) is 3.73. The maximum Gasteiger partial charge on any atom is 0.337 e. The van der Waals surface area contributed by atoms with Gasteiger partial charge in [0.25, 0.3) is 0 Å². The molecule has 1 aromatic rings. The number of carbonyl (C=O) groups is 2. The van der Waals surface area contributed by atoms with Gasteiger partial charge < -0.3 is 20.1 Å². The van der Waals surface area contributed by atoms with Crippen LogP contribution in [0, 0.1) is 0 Å². The summed E-state index contributed by atoms with van der Waals surface area (Å²) in [4.78, 5) is 25.0. The van der Waals surface area contributed by atoms with Gasteiger partial charge in [-0.25, -0.2) is 9.59 Å². The smallest absolute Gasteiger partial charge is 0.337 e. The van der Waals surface area contributed by atoms with Gasteiger partial charge in [-0.3, -0.25) is 0 Å². The SMILES string of the molecule is O=C(O)c1ccccc1NC(=O)N1CC2CCC(C1)O2. The number of amides is 2. The Bertz CT molecular complexity index is 534. The number of hydrogen-bond acceptors (Lipinski definition) is 3. The highest BCUT2D eigenvalue weighted by Crippen LogP contribution is 2.26. The Hall–Kier alpha value is -2.08. The molecule has 2 amide bonds. The molecule has 2 atom stereocenters. The van der Waals surface area contributed by atoms with Crippen LogP contribution in [0.3, 0.4) is 0 Å². The van der Waals surface area contributed by atoms with Gasteiger partial charge in [-0.1, -0.05) is 12.1 Å². The van der Waals surface area contributed by atoms with Crippen molar-refractivity contribution in [3.05, 3.63) is 29.8 Å². The summed E-state index contributed by atoms with van der Waals surface area (Å²) in [5, 5.41) is 11.8. The third kappa shape index (κ3) is 2.46. The molecule has 0 aromatic heterocycles. The zero-order chi connectivity index (χ0) is 14.1. The Labute approximate surface area is 116 Å². The Balaban J connectivity index is 1.72. The van der Waals surface area contributed by atoms with Gasteiger partial charge in [0.2, 0.25) is 0 Å². The summed E-state index contributed by atoms with van der Waals surface area (Å²) in [5.41, 5.74) is 0.418. The van der Waals surface area contributed by atoms with Crippen LogP contribution in [0.5, 0.6) is 0 Å². The monoisotopic (exact) mass is 276 g/mol. The highest BCUT2D eigenvalue weighted by Gasteiger charge is 2.35. The lowest BCUT2D eigenvalue weighted by Crippen LogP contribution is -2.47. The Morgan fingerprint density at radius 1 is 1.20 bits per heavy atom. The van der Waals surface area contributed by atoms with E-state index in [4.69, 9.17) is 9.84 Å². The Morgan fingerprint density at radius 2 is 1.85 bits per heavy atom. The number of urea groups is 1. The number of nitrogens with zero attached hydrogens (tertiary/aromatic N) is 1. The van der Waals surface area contributed by atoms with E-state index in [0.717, 1.165) is 12.8 Å². The normalized spacial score (nSPS) is 24.5. The van der Waals surface area contributed by atoms with E-state index in [-0.39, 0.29) is 23.8 Å². The molecular formula is C14H16N2O4. The molecule has 0 saturated carbocycles. The molecule has 2 N–H and O–H groups in total. The van der Waals surface area contributed by atoms with E-state index < -0.39 is 5.97 Å². The van der Waals surface area contributed by atoms with E-state index in [9.17, 15) is 9.59 Å². The second-order valence-corrected chi connectivity index (χ2v) is 5.14. The number of carbonyl (C=O) groups excluding carboxylic acids is 1. The number of rotatable bonds is 2. The second kappa shape index (κ2) is 5.13. The summed E-state index contributed by atoms with van der Waals surface area (Å²) < 4.78 is 5.67. The first-order valence-corrected chi connectivity index (χ1v) is 6.67. The summed E-state index contributed by atoms with van der Waals surface area (Å²) >= 11 is 0. The molecule has 3 rings (SSSR count). The number of likely N-dealkylation sites (tertiary alicyclic amines) is 1. The fraction of sp³-hybridized carbons (Fsp3) is 0.429. The highest BCUT2D eigenvalue weighted by molar-refractivity contribution is 6.00. The number of hydrogen-bond donors (Lipinski definition) is 2. The number of aromatic carboxylic acids is 1. The van der Waals surface area contributed by atoms with Gasteiger partial charge in [0.05, 0.1) is 23.5 Å². The van der Waals surface area contributed by atoms with Crippen LogP contribution < -0.4 is 5.32 Å². The fourth-order valence-electron chi connectivity index (χ4n) is 2.75. The lowest BCUT2D eigenvalue weighted by molar-refractivity contribution is -0.0219. The summed E-state index contributed by atoms with van der Waals surface area (Å²) in [6, 6.07) is 6.13. The van der Waals surface area contributed by atoms with Crippen molar-refractivity contribution in [1.82, 2.24) is 4.90 Å². The molecule has 106 valence electrons. The van der Waals surface area contributed by atoms with E-state index in [0.29, 0.717) is 18.8 Å². The highest BCUT2D eigenvalue weighted by atomic mass is 16.5. The van der Waals surface area contributed by atoms with Crippen LogP contribution >= 0.6 is 0 Å². The Kier molecular flexibility index (Phi) is 3.31. The van der Waals surface area contributed by atoms with Crippen LogP contribution in [0.4, 0.5) is 10.5 Å². The number of benzene rings is 1. The number of nitrogens with one attached hydrogen (secondary N) is 1. The standard InChI is InChI=1S/C14H16N2O4/c17-13(18)11-3-1-2-4-12(11)15-14(19)16-7-9-5-6-10(8-16)20-9/h1-4,9-10H,5-8H2,(H,15,19)(H,17,18). The van der Waals surface area contributed by atoms with Crippen molar-refractivity contribution in [2.24, 2.45) is 0 Å². The van der Waals surface area contributed by atoms with Gasteiger partial charge >= 0.3 is 12.0 Å². The number of morpholine rings is 1. The van der Waals surface area contributed by atoms with Crippen molar-refractivity contribution in [1.29, 1.82) is 0 Å². The van der Waals surface area contributed by atoms with Crippen LogP contribution in [0.1, 0.15) is 23.2 Å². The van der Waals surface area contributed by atoms with Crippen molar-refractivity contribution in [2.45, 2.75) is 25.0 Å². The number of anilines is 1. The molecule has 2 unspecified atom stereocenters. The number of para-hydroxylation sites is 1. The first-order chi connectivity index (χ1) is 9.63. The van der Waals surface area contributed by atoms with Crippen molar-refractivity contribution in [3.63, 3.8) is 0 Å². The van der Waals surface area contributed by atoms with Crippen LogP contribution in [-0.2, 0) is 4.74 Å². The minimum Gasteiger partial charge on any atom is -0.478 e. The largest absolute Gasteiger partial charge is 0.478 e. The number of fused-ring (bicyclic) bond motifs is 2. The summed E-state index contributed by atoms with van der Waals surface area (Å²) in [5.74, 6) is -1.05. The van der Waals surface area contributed by atoms with Crippen molar-refractivity contribution in [3.8, 4) is 0 Å². The predicted octanol–water partition coefficient (Wildman–Crippen LogP) is 1.78. The van der Waals surface area contributed by atoms with Crippen molar-refractivity contribution >= 4 is 17.7 Å². The van der Waals surface area contributed by atoms with Crippen LogP contribution in [0.15, 0.2) is 24.3 Å². The first kappa shape index (κ1) is 12.9. The molecule has 0 aliphatic carbocycles. The van der Waals surface area contributed by atoms with Gasteiger partial charge in [-0.2, -0.15) is 0 Å². The molecule has 20 heavy (non-hydrogen) atoms. The number of ether oxygens (including phenoxy) is 1. The first-order valence-electron chi connectivity index (χ1n) is 6.67. The average Bonchev–Trinajstić information content (AvgIpc) is 2.77. The summed E-state index contributed by atoms with van der Waals surface area (Å²) in [6.07, 6.45) is 2.21. The van der Waals surface area contributed by atoms with Crippen molar-refractivity contribution < 1.29 is 19.4 Å². The maximum absolute atomic E-state index is 12.2. The maximum atomic E-state index is 12.2. The zero-order valence-corrected chi connectivity index (χ0v) is 10.9. The lowest BCUT2D eigenvalue weighted by atomic mass is 10.2. The van der Waals surface area contributed by atoms with Gasteiger partial charge in [0, 0.05) is 13.1 Å². The van der Waals surface area contributed by atoms with E-state index in [1.54, 1.807) is 23.1 Å². The van der Waals surface area contributed by atoms with Gasteiger partial charge in [0.15, 0.2) is 0 Å². The Morgan fingerprint density at radius 3 is 2.50 bits per heavy atom. The third-order valence-corrected chi connectivity index (χ3v) is 3.73. The quantitative estimate of drug-likeness (QED) is 0.863. The number of carboxylic acid groups (broad SMARTS) is 1. The van der Waals surface area contributed by atoms with Crippen LogP contribution in [-0.4, -0.2) is 47.3 Å². The summed E-state index contributed by atoms with van der Waals surface area (Å²) in [6.45, 7) is 1.13. The van der Waals surface area contributed by atoms with Gasteiger partial charge in [0.1, 0.15) is 0 Å². The number of carboxylic acids is 1. The van der Waals surface area contributed by atoms with Gasteiger partial charge in [-0.05, 0) is 25.0 Å². The molecule has 2 heterocycles. The van der Waals surface area contributed by atoms with E-state index in [2.05, 4.69) is 5.32 Å². The summed E-state index contributed by atoms with van der Waals surface area (Å²) in [7, 11) is 0. The molecule has 2 aliphatic rings. The predicted molar refractivity (Wildman–Crippen MR) is 71.9 cm³/mol. The molecular weight excluding hydrogens is 260 g/mol. The molecule has 0 spiro atoms. The van der Waals surface area contributed by atoms with Crippen LogP contribution in [0.2, 0.25) is 0 Å². The minimum atomic E-state index is -1.05. The molecule has 2 fully saturated rings. The minimum absolute atomic E-state index is 0.0945. The molecule has 2 aliphatic heterocycles. The van der Waals surface area contributed by atoms with Crippen LogP contribution in [0.25, 0.3) is 0 Å². The molecule has 2 saturated heterocycles. The molecule has 0 radical (unpaired) electrons. The second-order valence-electron chi connectivity index (χ2n) is 5.14. The van der Waals surface area contributed by atoms with E-state index in [1.165, 1.54) is 6.07 Å². The van der Waals surface area contributed by atoms with Gasteiger partial charge in [-0.15, -0.1) is 0 Å². The van der Waals surface area contributed by atoms with Crippen molar-refractivity contribution in [2.75, 3.05) is 18.4 Å². The van der Waals surface area contributed by atoms with E-state index in [1.807, 2.05) is 0 Å². The van der Waals surface area contributed by atoms with E-state index >= 15 is 0 Å². The molecule has 6 heteroatoms. The molecule has 1 aromatic carbocycles.